The number of ether oxygens (including phenoxy) is 2. The zero-order valence-corrected chi connectivity index (χ0v) is 15.9. The molecule has 3 rings (SSSR count). The predicted molar refractivity (Wildman–Crippen MR) is 101 cm³/mol. The van der Waals surface area contributed by atoms with Crippen molar-refractivity contribution >= 4 is 11.8 Å². The Hall–Kier alpha value is -2.96. The Morgan fingerprint density at radius 2 is 1.74 bits per heavy atom. The van der Waals surface area contributed by atoms with Crippen LogP contribution < -0.4 is 9.47 Å². The van der Waals surface area contributed by atoms with E-state index in [4.69, 9.17) is 9.47 Å². The number of methoxy groups -OCH3 is 2. The average molecular weight is 371 g/mol. The number of rotatable bonds is 5. The molecule has 0 bridgehead atoms. The van der Waals surface area contributed by atoms with E-state index in [1.165, 1.54) is 0 Å². The first kappa shape index (κ1) is 18.8. The van der Waals surface area contributed by atoms with Crippen LogP contribution in [0.15, 0.2) is 30.5 Å². The molecule has 0 atom stereocenters. The van der Waals surface area contributed by atoms with Crippen LogP contribution >= 0.6 is 0 Å². The first-order valence-electron chi connectivity index (χ1n) is 8.96. The van der Waals surface area contributed by atoms with Crippen LogP contribution in [0.25, 0.3) is 0 Å². The lowest BCUT2D eigenvalue weighted by atomic mass is 10.0. The molecule has 0 spiro atoms. The van der Waals surface area contributed by atoms with Gasteiger partial charge in [-0.3, -0.25) is 9.59 Å². The largest absolute Gasteiger partial charge is 0.496 e. The van der Waals surface area contributed by atoms with E-state index >= 15 is 0 Å². The topological polar surface area (TPSA) is 74.9 Å². The molecule has 144 valence electrons. The van der Waals surface area contributed by atoms with Gasteiger partial charge in [0, 0.05) is 43.5 Å². The highest BCUT2D eigenvalue weighted by atomic mass is 16.5. The van der Waals surface area contributed by atoms with Gasteiger partial charge in [-0.2, -0.15) is 0 Å². The molecule has 0 aliphatic carbocycles. The lowest BCUT2D eigenvalue weighted by Crippen LogP contribution is -2.51. The van der Waals surface area contributed by atoms with Gasteiger partial charge in [0.2, 0.25) is 5.91 Å². The van der Waals surface area contributed by atoms with E-state index in [1.807, 2.05) is 19.1 Å². The van der Waals surface area contributed by atoms with Crippen LogP contribution in [0.1, 0.15) is 21.6 Å². The fourth-order valence-corrected chi connectivity index (χ4v) is 3.44. The number of nitrogens with one attached hydrogen (secondary N) is 1. The minimum Gasteiger partial charge on any atom is -0.496 e. The summed E-state index contributed by atoms with van der Waals surface area (Å²) in [5.74, 6) is 1.42. The smallest absolute Gasteiger partial charge is 0.270 e. The summed E-state index contributed by atoms with van der Waals surface area (Å²) in [6.07, 6.45) is 2.00. The summed E-state index contributed by atoms with van der Waals surface area (Å²) in [7, 11) is 3.21. The fourth-order valence-electron chi connectivity index (χ4n) is 3.44. The van der Waals surface area contributed by atoms with Crippen molar-refractivity contribution < 1.29 is 19.1 Å². The highest BCUT2D eigenvalue weighted by Gasteiger charge is 2.26. The van der Waals surface area contributed by atoms with Gasteiger partial charge in [-0.1, -0.05) is 6.07 Å². The number of aromatic amines is 1. The second kappa shape index (κ2) is 8.16. The Kier molecular flexibility index (Phi) is 5.69. The Labute approximate surface area is 158 Å². The molecule has 1 saturated heterocycles. The number of H-pyrrole nitrogens is 1. The van der Waals surface area contributed by atoms with Gasteiger partial charge in [-0.25, -0.2) is 0 Å². The second-order valence-electron chi connectivity index (χ2n) is 6.52. The third-order valence-corrected chi connectivity index (χ3v) is 4.95. The summed E-state index contributed by atoms with van der Waals surface area (Å²) in [6.45, 7) is 4.03. The van der Waals surface area contributed by atoms with Crippen LogP contribution in [-0.2, 0) is 11.2 Å². The molecular weight excluding hydrogens is 346 g/mol. The number of benzene rings is 1. The molecule has 1 aromatic heterocycles. The number of carbonyl (C=O) groups excluding carboxylic acids is 2. The number of hydrogen-bond donors (Lipinski definition) is 1. The number of hydrogen-bond acceptors (Lipinski definition) is 4. The minimum atomic E-state index is -0.0282. The summed E-state index contributed by atoms with van der Waals surface area (Å²) < 4.78 is 10.8. The summed E-state index contributed by atoms with van der Waals surface area (Å²) in [6, 6.07) is 7.29. The molecule has 7 nitrogen and oxygen atoms in total. The first-order valence-corrected chi connectivity index (χ1v) is 8.96. The van der Waals surface area contributed by atoms with Gasteiger partial charge >= 0.3 is 0 Å². The molecule has 0 saturated carbocycles. The normalized spacial score (nSPS) is 14.2. The van der Waals surface area contributed by atoms with Crippen molar-refractivity contribution in [3.05, 3.63) is 47.3 Å². The fraction of sp³-hybridized carbons (Fsp3) is 0.400. The van der Waals surface area contributed by atoms with E-state index in [2.05, 4.69) is 4.98 Å². The molecule has 7 heteroatoms. The Balaban J connectivity index is 1.62. The van der Waals surface area contributed by atoms with Gasteiger partial charge in [-0.15, -0.1) is 0 Å². The van der Waals surface area contributed by atoms with E-state index in [1.54, 1.807) is 42.3 Å². The van der Waals surface area contributed by atoms with Gasteiger partial charge in [0.25, 0.3) is 5.91 Å². The Morgan fingerprint density at radius 3 is 2.33 bits per heavy atom. The second-order valence-corrected chi connectivity index (χ2v) is 6.52. The minimum absolute atomic E-state index is 0.0282. The van der Waals surface area contributed by atoms with Gasteiger partial charge in [0.15, 0.2) is 0 Å². The maximum absolute atomic E-state index is 12.7. The molecule has 2 aromatic rings. The van der Waals surface area contributed by atoms with Crippen LogP contribution in [0.4, 0.5) is 0 Å². The molecule has 2 amide bonds. The van der Waals surface area contributed by atoms with Crippen molar-refractivity contribution in [3.8, 4) is 11.5 Å². The molecule has 0 radical (unpaired) electrons. The maximum Gasteiger partial charge on any atom is 0.270 e. The number of piperazine rings is 1. The first-order chi connectivity index (χ1) is 13.0. The van der Waals surface area contributed by atoms with Crippen molar-refractivity contribution in [2.75, 3.05) is 40.4 Å². The quantitative estimate of drug-likeness (QED) is 0.871. The number of nitrogens with zero attached hydrogens (tertiary/aromatic N) is 2. The van der Waals surface area contributed by atoms with Gasteiger partial charge in [-0.05, 0) is 25.1 Å². The molecule has 1 N–H and O–H groups in total. The van der Waals surface area contributed by atoms with Crippen LogP contribution in [-0.4, -0.2) is 67.0 Å². The predicted octanol–water partition coefficient (Wildman–Crippen LogP) is 1.87. The third kappa shape index (κ3) is 3.92. The molecule has 1 aliphatic heterocycles. The van der Waals surface area contributed by atoms with Crippen LogP contribution in [0.2, 0.25) is 0 Å². The van der Waals surface area contributed by atoms with Crippen molar-refractivity contribution in [1.29, 1.82) is 0 Å². The monoisotopic (exact) mass is 371 g/mol. The van der Waals surface area contributed by atoms with Crippen molar-refractivity contribution in [1.82, 2.24) is 14.8 Å². The zero-order chi connectivity index (χ0) is 19.4. The average Bonchev–Trinajstić information content (AvgIpc) is 3.23. The summed E-state index contributed by atoms with van der Waals surface area (Å²) in [5, 5.41) is 0. The lowest BCUT2D eigenvalue weighted by Gasteiger charge is -2.34. The van der Waals surface area contributed by atoms with Gasteiger partial charge in [0.05, 0.1) is 20.6 Å². The number of amides is 2. The molecule has 2 heterocycles. The van der Waals surface area contributed by atoms with Crippen LogP contribution in [0, 0.1) is 6.92 Å². The van der Waals surface area contributed by atoms with E-state index < -0.39 is 0 Å². The maximum atomic E-state index is 12.7. The van der Waals surface area contributed by atoms with Crippen molar-refractivity contribution in [2.45, 2.75) is 13.3 Å². The number of aromatic nitrogens is 1. The van der Waals surface area contributed by atoms with Crippen LogP contribution in [0.3, 0.4) is 0 Å². The third-order valence-electron chi connectivity index (χ3n) is 4.95. The van der Waals surface area contributed by atoms with E-state index in [0.717, 1.165) is 16.9 Å². The zero-order valence-electron chi connectivity index (χ0n) is 15.9. The standard InChI is InChI=1S/C20H25N3O4/c1-14-17(26-2)7-6-15(19(14)27-3)13-18(24)22-9-11-23(12-10-22)20(25)16-5-4-8-21-16/h4-8,21H,9-13H2,1-3H3. The van der Waals surface area contributed by atoms with Gasteiger partial charge < -0.3 is 24.3 Å². The molecule has 0 unspecified atom stereocenters. The Bertz CT molecular complexity index is 809. The van der Waals surface area contributed by atoms with E-state index in [9.17, 15) is 9.59 Å². The highest BCUT2D eigenvalue weighted by Crippen LogP contribution is 2.31. The Morgan fingerprint density at radius 1 is 1.04 bits per heavy atom. The molecule has 27 heavy (non-hydrogen) atoms. The van der Waals surface area contributed by atoms with E-state index in [0.29, 0.717) is 37.6 Å². The van der Waals surface area contributed by atoms with Gasteiger partial charge in [0.1, 0.15) is 17.2 Å². The van der Waals surface area contributed by atoms with Crippen molar-refractivity contribution in [2.24, 2.45) is 0 Å². The molecule has 1 aromatic carbocycles. The SMILES string of the molecule is COc1ccc(CC(=O)N2CCN(C(=O)c3ccc[nH]3)CC2)c(OC)c1C. The lowest BCUT2D eigenvalue weighted by molar-refractivity contribution is -0.131. The molecule has 1 fully saturated rings. The summed E-state index contributed by atoms with van der Waals surface area (Å²) >= 11 is 0. The molecular formula is C20H25N3O4. The van der Waals surface area contributed by atoms with Crippen LogP contribution in [0.5, 0.6) is 11.5 Å². The highest BCUT2D eigenvalue weighted by molar-refractivity contribution is 5.92. The number of carbonyl (C=O) groups is 2. The molecule has 1 aliphatic rings. The van der Waals surface area contributed by atoms with E-state index in [-0.39, 0.29) is 18.2 Å². The van der Waals surface area contributed by atoms with Crippen molar-refractivity contribution in [3.63, 3.8) is 0 Å². The summed E-state index contributed by atoms with van der Waals surface area (Å²) in [4.78, 5) is 31.6. The summed E-state index contributed by atoms with van der Waals surface area (Å²) in [5.41, 5.74) is 2.30.